The van der Waals surface area contributed by atoms with Crippen molar-refractivity contribution in [3.8, 4) is 11.5 Å². The van der Waals surface area contributed by atoms with Gasteiger partial charge in [0.2, 0.25) is 0 Å². The van der Waals surface area contributed by atoms with Gasteiger partial charge in [-0.15, -0.1) is 24.8 Å². The summed E-state index contributed by atoms with van der Waals surface area (Å²) in [5.74, 6) is 1.12. The van der Waals surface area contributed by atoms with Gasteiger partial charge in [0.05, 0.1) is 12.1 Å². The Hall–Kier alpha value is -0.590. The molecule has 35 heavy (non-hydrogen) atoms. The van der Waals surface area contributed by atoms with Crippen LogP contribution >= 0.6 is 59.6 Å². The number of rotatable bonds is 16. The maximum atomic E-state index is 6.53. The van der Waals surface area contributed by atoms with Crippen LogP contribution in [0.1, 0.15) is 57.1 Å². The molecule has 2 rings (SSSR count). The zero-order valence-corrected chi connectivity index (χ0v) is 24.8. The summed E-state index contributed by atoms with van der Waals surface area (Å²) < 4.78 is 11.5. The molecule has 0 aromatic heterocycles. The molecule has 0 atom stereocenters. The Kier molecular flexibility index (Phi) is 19.2. The van der Waals surface area contributed by atoms with Crippen LogP contribution in [0.4, 0.5) is 0 Å². The molecule has 0 bridgehead atoms. The minimum absolute atomic E-state index is 0. The first kappa shape index (κ1) is 34.4. The first-order valence-electron chi connectivity index (χ1n) is 11.8. The molecule has 4 nitrogen and oxygen atoms in total. The Morgan fingerprint density at radius 2 is 1.51 bits per heavy atom. The predicted octanol–water partition coefficient (Wildman–Crippen LogP) is 8.46. The molecule has 0 amide bonds. The number of ether oxygens (including phenoxy) is 2. The SMILES string of the molecule is CCCCN(CCCC)CCCNCc1cc(Cl)c(OCc2ccc(Cl)cc2Cl)c(OC)c1.Cl.Cl. The number of halogens is 5. The van der Waals surface area contributed by atoms with Crippen LogP contribution < -0.4 is 14.8 Å². The standard InChI is InChI=1S/C26H37Cl3N2O2.2ClH/c1-4-6-12-31(13-7-5-2)14-8-11-30-18-20-15-24(29)26(25(16-20)32-3)33-19-21-9-10-22(27)17-23(21)28;;/h9-10,15-17,30H,4-8,11-14,18-19H2,1-3H3;2*1H. The largest absolute Gasteiger partial charge is 0.493 e. The van der Waals surface area contributed by atoms with Crippen molar-refractivity contribution in [3.05, 3.63) is 56.5 Å². The van der Waals surface area contributed by atoms with Crippen molar-refractivity contribution in [2.45, 2.75) is 59.1 Å². The molecule has 0 aliphatic heterocycles. The molecule has 2 aromatic carbocycles. The molecule has 0 saturated carbocycles. The zero-order valence-electron chi connectivity index (χ0n) is 20.9. The zero-order chi connectivity index (χ0) is 24.1. The van der Waals surface area contributed by atoms with Gasteiger partial charge in [-0.1, -0.05) is 67.6 Å². The van der Waals surface area contributed by atoms with E-state index in [1.807, 2.05) is 18.2 Å². The summed E-state index contributed by atoms with van der Waals surface area (Å²) in [6.07, 6.45) is 6.16. The van der Waals surface area contributed by atoms with Gasteiger partial charge in [-0.3, -0.25) is 0 Å². The van der Waals surface area contributed by atoms with Crippen molar-refractivity contribution in [3.63, 3.8) is 0 Å². The number of nitrogens with zero attached hydrogens (tertiary/aromatic N) is 1. The number of hydrogen-bond donors (Lipinski definition) is 1. The first-order chi connectivity index (χ1) is 16.0. The second-order valence-corrected chi connectivity index (χ2v) is 9.46. The van der Waals surface area contributed by atoms with Gasteiger partial charge in [-0.05, 0) is 75.3 Å². The van der Waals surface area contributed by atoms with E-state index in [1.54, 1.807) is 19.2 Å². The minimum atomic E-state index is 0. The smallest absolute Gasteiger partial charge is 0.180 e. The lowest BCUT2D eigenvalue weighted by Gasteiger charge is -2.22. The van der Waals surface area contributed by atoms with Gasteiger partial charge in [0, 0.05) is 22.2 Å². The highest BCUT2D eigenvalue weighted by Crippen LogP contribution is 2.37. The quantitative estimate of drug-likeness (QED) is 0.200. The third kappa shape index (κ3) is 12.5. The molecule has 200 valence electrons. The molecule has 0 fully saturated rings. The van der Waals surface area contributed by atoms with Crippen LogP contribution in [0.15, 0.2) is 30.3 Å². The van der Waals surface area contributed by atoms with E-state index in [9.17, 15) is 0 Å². The summed E-state index contributed by atoms with van der Waals surface area (Å²) in [6, 6.07) is 9.21. The van der Waals surface area contributed by atoms with E-state index in [-0.39, 0.29) is 31.4 Å². The van der Waals surface area contributed by atoms with Gasteiger partial charge in [0.1, 0.15) is 6.61 Å². The van der Waals surface area contributed by atoms with Crippen molar-refractivity contribution < 1.29 is 9.47 Å². The lowest BCUT2D eigenvalue weighted by atomic mass is 10.2. The number of nitrogens with one attached hydrogen (secondary N) is 1. The minimum Gasteiger partial charge on any atom is -0.493 e. The van der Waals surface area contributed by atoms with Crippen LogP contribution in [0, 0.1) is 0 Å². The van der Waals surface area contributed by atoms with Crippen LogP contribution in [0.3, 0.4) is 0 Å². The monoisotopic (exact) mass is 586 g/mol. The van der Waals surface area contributed by atoms with Gasteiger partial charge in [0.25, 0.3) is 0 Å². The average molecular weight is 589 g/mol. The highest BCUT2D eigenvalue weighted by Gasteiger charge is 2.13. The number of methoxy groups -OCH3 is 1. The van der Waals surface area contributed by atoms with E-state index in [4.69, 9.17) is 44.3 Å². The van der Waals surface area contributed by atoms with E-state index in [0.29, 0.717) is 26.6 Å². The maximum Gasteiger partial charge on any atom is 0.180 e. The molecule has 0 aliphatic rings. The average Bonchev–Trinajstić information content (AvgIpc) is 2.80. The summed E-state index contributed by atoms with van der Waals surface area (Å²) in [5, 5.41) is 5.19. The van der Waals surface area contributed by atoms with Crippen LogP contribution in [0.5, 0.6) is 11.5 Å². The Labute approximate surface area is 238 Å². The van der Waals surface area contributed by atoms with E-state index >= 15 is 0 Å². The van der Waals surface area contributed by atoms with E-state index in [2.05, 4.69) is 24.1 Å². The highest BCUT2D eigenvalue weighted by atomic mass is 35.5. The lowest BCUT2D eigenvalue weighted by Crippen LogP contribution is -2.29. The Bertz CT molecular complexity index is 847. The molecule has 0 radical (unpaired) electrons. The van der Waals surface area contributed by atoms with Crippen molar-refractivity contribution in [1.82, 2.24) is 10.2 Å². The summed E-state index contributed by atoms with van der Waals surface area (Å²) in [7, 11) is 1.62. The van der Waals surface area contributed by atoms with Crippen LogP contribution in [-0.2, 0) is 13.2 Å². The van der Waals surface area contributed by atoms with E-state index in [0.717, 1.165) is 37.2 Å². The summed E-state index contributed by atoms with van der Waals surface area (Å²) >= 11 is 18.7. The number of benzene rings is 2. The van der Waals surface area contributed by atoms with Gasteiger partial charge in [-0.25, -0.2) is 0 Å². The number of unbranched alkanes of at least 4 members (excludes halogenated alkanes) is 2. The third-order valence-electron chi connectivity index (χ3n) is 5.49. The predicted molar refractivity (Wildman–Crippen MR) is 156 cm³/mol. The van der Waals surface area contributed by atoms with Gasteiger partial charge in [-0.2, -0.15) is 0 Å². The second kappa shape index (κ2) is 19.5. The summed E-state index contributed by atoms with van der Waals surface area (Å²) in [4.78, 5) is 2.59. The third-order valence-corrected chi connectivity index (χ3v) is 6.36. The lowest BCUT2D eigenvalue weighted by molar-refractivity contribution is 0.261. The molecule has 0 saturated heterocycles. The van der Waals surface area contributed by atoms with Crippen LogP contribution in [0.25, 0.3) is 0 Å². The Morgan fingerprint density at radius 3 is 2.11 bits per heavy atom. The molecule has 0 aliphatic carbocycles. The summed E-state index contributed by atoms with van der Waals surface area (Å²) in [6.45, 7) is 10.0. The fourth-order valence-corrected chi connectivity index (χ4v) is 4.31. The van der Waals surface area contributed by atoms with Crippen molar-refractivity contribution in [2.75, 3.05) is 33.3 Å². The molecular formula is C26H39Cl5N2O2. The molecule has 2 aromatic rings. The topological polar surface area (TPSA) is 33.7 Å². The van der Waals surface area contributed by atoms with E-state index < -0.39 is 0 Å². The molecule has 0 unspecified atom stereocenters. The normalized spacial score (nSPS) is 10.6. The Morgan fingerprint density at radius 1 is 0.857 bits per heavy atom. The molecule has 9 heteroatoms. The highest BCUT2D eigenvalue weighted by molar-refractivity contribution is 6.35. The molecular weight excluding hydrogens is 550 g/mol. The molecule has 0 heterocycles. The van der Waals surface area contributed by atoms with Gasteiger partial charge < -0.3 is 19.7 Å². The van der Waals surface area contributed by atoms with Crippen molar-refractivity contribution in [2.24, 2.45) is 0 Å². The van der Waals surface area contributed by atoms with Crippen molar-refractivity contribution >= 4 is 59.6 Å². The van der Waals surface area contributed by atoms with Crippen LogP contribution in [0.2, 0.25) is 15.1 Å². The Balaban J connectivity index is 0.00000578. The fraction of sp³-hybridized carbons (Fsp3) is 0.538. The van der Waals surface area contributed by atoms with Gasteiger partial charge in [0.15, 0.2) is 11.5 Å². The fourth-order valence-electron chi connectivity index (χ4n) is 3.56. The summed E-state index contributed by atoms with van der Waals surface area (Å²) in [5.41, 5.74) is 1.89. The maximum absolute atomic E-state index is 6.53. The second-order valence-electron chi connectivity index (χ2n) is 8.21. The molecule has 1 N–H and O–H groups in total. The van der Waals surface area contributed by atoms with E-state index in [1.165, 1.54) is 38.8 Å². The number of hydrogen-bond acceptors (Lipinski definition) is 4. The van der Waals surface area contributed by atoms with Crippen molar-refractivity contribution in [1.29, 1.82) is 0 Å². The van der Waals surface area contributed by atoms with Gasteiger partial charge >= 0.3 is 0 Å². The van der Waals surface area contributed by atoms with Crippen LogP contribution in [-0.4, -0.2) is 38.2 Å². The first-order valence-corrected chi connectivity index (χ1v) is 13.0. The molecule has 0 spiro atoms.